The van der Waals surface area contributed by atoms with Gasteiger partial charge in [0, 0.05) is 17.5 Å². The van der Waals surface area contributed by atoms with E-state index in [1.54, 1.807) is 18.3 Å². The zero-order chi connectivity index (χ0) is 16.7. The lowest BCUT2D eigenvalue weighted by molar-refractivity contribution is 0.100. The second-order valence-electron chi connectivity index (χ2n) is 5.69. The van der Waals surface area contributed by atoms with Gasteiger partial charge in [-0.1, -0.05) is 36.4 Å². The molecule has 3 N–H and O–H groups in total. The number of carbonyl (C=O) groups excluding carboxylic acids is 1. The van der Waals surface area contributed by atoms with E-state index in [0.717, 1.165) is 16.6 Å². The quantitative estimate of drug-likeness (QED) is 0.609. The molecular weight excluding hydrogens is 302 g/mol. The minimum Gasteiger partial charge on any atom is -0.506 e. The fourth-order valence-electron chi connectivity index (χ4n) is 3.20. The van der Waals surface area contributed by atoms with E-state index in [4.69, 9.17) is 5.73 Å². The largest absolute Gasteiger partial charge is 0.506 e. The van der Waals surface area contributed by atoms with Crippen molar-refractivity contribution >= 4 is 27.7 Å². The molecule has 0 aliphatic carbocycles. The predicted octanol–water partition coefficient (Wildman–Crippen LogP) is 3.04. The van der Waals surface area contributed by atoms with Crippen LogP contribution in [0.2, 0.25) is 0 Å². The first-order valence-corrected chi connectivity index (χ1v) is 7.58. The van der Waals surface area contributed by atoms with E-state index in [1.807, 2.05) is 41.0 Å². The summed E-state index contributed by atoms with van der Waals surface area (Å²) in [5.41, 5.74) is 8.65. The van der Waals surface area contributed by atoms with Gasteiger partial charge in [-0.25, -0.2) is 0 Å². The molecule has 0 bridgehead atoms. The molecule has 0 fully saturated rings. The molecule has 4 aromatic rings. The van der Waals surface area contributed by atoms with E-state index in [9.17, 15) is 9.90 Å². The molecule has 0 aliphatic rings. The Morgan fingerprint density at radius 2 is 1.79 bits per heavy atom. The summed E-state index contributed by atoms with van der Waals surface area (Å²) >= 11 is 0. The topological polar surface area (TPSA) is 81.1 Å². The Bertz CT molecular complexity index is 1070. The molecule has 24 heavy (non-hydrogen) atoms. The summed E-state index contributed by atoms with van der Waals surface area (Å²) in [5, 5.41) is 11.6. The Balaban J connectivity index is 2.10. The molecule has 0 saturated heterocycles. The molecule has 0 radical (unpaired) electrons. The number of hydrogen-bond acceptors (Lipinski definition) is 3. The highest BCUT2D eigenvalue weighted by Crippen LogP contribution is 2.36. The van der Waals surface area contributed by atoms with Crippen LogP contribution in [0.1, 0.15) is 15.9 Å². The molecule has 0 unspecified atom stereocenters. The number of carbonyl (C=O) groups is 1. The first kappa shape index (κ1) is 14.3. The number of fused-ring (bicyclic) bond motifs is 3. The molecule has 118 valence electrons. The van der Waals surface area contributed by atoms with Crippen LogP contribution >= 0.6 is 0 Å². The van der Waals surface area contributed by atoms with Crippen LogP contribution in [0.4, 0.5) is 0 Å². The fourth-order valence-corrected chi connectivity index (χ4v) is 3.20. The van der Waals surface area contributed by atoms with E-state index in [2.05, 4.69) is 4.98 Å². The predicted molar refractivity (Wildman–Crippen MR) is 93.0 cm³/mol. The van der Waals surface area contributed by atoms with Crippen molar-refractivity contribution in [1.82, 2.24) is 9.55 Å². The van der Waals surface area contributed by atoms with Gasteiger partial charge in [0.05, 0.1) is 28.8 Å². The third kappa shape index (κ3) is 2.10. The van der Waals surface area contributed by atoms with Gasteiger partial charge < -0.3 is 15.4 Å². The minimum absolute atomic E-state index is 0.0398. The van der Waals surface area contributed by atoms with E-state index in [1.165, 1.54) is 6.20 Å². The second-order valence-corrected chi connectivity index (χ2v) is 5.69. The smallest absolute Gasteiger partial charge is 0.249 e. The normalized spacial score (nSPS) is 11.2. The van der Waals surface area contributed by atoms with E-state index < -0.39 is 5.91 Å². The van der Waals surface area contributed by atoms with E-state index in [0.29, 0.717) is 22.9 Å². The number of rotatable bonds is 3. The van der Waals surface area contributed by atoms with Crippen molar-refractivity contribution in [2.75, 3.05) is 0 Å². The average molecular weight is 317 g/mol. The maximum atomic E-state index is 11.9. The summed E-state index contributed by atoms with van der Waals surface area (Å²) in [6.07, 6.45) is 3.08. The number of benzene rings is 2. The number of aromatic hydroxyl groups is 1. The molecule has 2 aromatic carbocycles. The van der Waals surface area contributed by atoms with Crippen molar-refractivity contribution in [2.24, 2.45) is 5.73 Å². The molecule has 5 heteroatoms. The van der Waals surface area contributed by atoms with Crippen molar-refractivity contribution in [3.63, 3.8) is 0 Å². The van der Waals surface area contributed by atoms with Crippen LogP contribution in [0.5, 0.6) is 5.75 Å². The lowest BCUT2D eigenvalue weighted by atomic mass is 10.1. The Hall–Kier alpha value is -3.34. The van der Waals surface area contributed by atoms with Gasteiger partial charge in [0.2, 0.25) is 5.91 Å². The molecule has 2 heterocycles. The van der Waals surface area contributed by atoms with Gasteiger partial charge in [0.15, 0.2) is 0 Å². The van der Waals surface area contributed by atoms with Crippen molar-refractivity contribution in [1.29, 1.82) is 0 Å². The van der Waals surface area contributed by atoms with Crippen molar-refractivity contribution in [2.45, 2.75) is 6.54 Å². The summed E-state index contributed by atoms with van der Waals surface area (Å²) in [4.78, 5) is 16.0. The van der Waals surface area contributed by atoms with Gasteiger partial charge in [0.25, 0.3) is 0 Å². The lowest BCUT2D eigenvalue weighted by Gasteiger charge is -2.07. The third-order valence-corrected chi connectivity index (χ3v) is 4.23. The fraction of sp³-hybridized carbons (Fsp3) is 0.0526. The summed E-state index contributed by atoms with van der Waals surface area (Å²) in [6.45, 7) is 0.605. The van der Waals surface area contributed by atoms with Crippen LogP contribution in [0.15, 0.2) is 60.9 Å². The summed E-state index contributed by atoms with van der Waals surface area (Å²) in [5.74, 6) is -0.478. The summed E-state index contributed by atoms with van der Waals surface area (Å²) in [6, 6.07) is 15.4. The Labute approximate surface area is 138 Å². The highest BCUT2D eigenvalue weighted by molar-refractivity contribution is 6.19. The number of amides is 1. The average Bonchev–Trinajstić information content (AvgIpc) is 2.91. The molecule has 0 saturated carbocycles. The molecule has 2 aromatic heterocycles. The highest BCUT2D eigenvalue weighted by Gasteiger charge is 2.19. The van der Waals surface area contributed by atoms with Crippen LogP contribution in [0.25, 0.3) is 21.8 Å². The monoisotopic (exact) mass is 317 g/mol. The van der Waals surface area contributed by atoms with Crippen molar-refractivity contribution < 1.29 is 9.90 Å². The summed E-state index contributed by atoms with van der Waals surface area (Å²) < 4.78 is 2.04. The number of nitrogens with two attached hydrogens (primary N) is 1. The Kier molecular flexibility index (Phi) is 3.20. The molecule has 5 nitrogen and oxygen atoms in total. The number of primary amides is 1. The first-order valence-electron chi connectivity index (χ1n) is 7.58. The maximum absolute atomic E-state index is 11.9. The van der Waals surface area contributed by atoms with Gasteiger partial charge in [-0.05, 0) is 17.7 Å². The third-order valence-electron chi connectivity index (χ3n) is 4.23. The molecule has 0 aliphatic heterocycles. The van der Waals surface area contributed by atoms with Gasteiger partial charge in [-0.2, -0.15) is 0 Å². The number of hydrogen-bond donors (Lipinski definition) is 2. The minimum atomic E-state index is -0.518. The van der Waals surface area contributed by atoms with Crippen LogP contribution in [0.3, 0.4) is 0 Å². The zero-order valence-corrected chi connectivity index (χ0v) is 12.8. The van der Waals surface area contributed by atoms with Crippen LogP contribution in [0, 0.1) is 0 Å². The second kappa shape index (κ2) is 5.38. The molecule has 1 amide bonds. The number of aromatic nitrogens is 2. The van der Waals surface area contributed by atoms with E-state index in [-0.39, 0.29) is 5.75 Å². The van der Waals surface area contributed by atoms with Crippen LogP contribution < -0.4 is 5.73 Å². The van der Waals surface area contributed by atoms with Crippen LogP contribution in [-0.4, -0.2) is 20.6 Å². The van der Waals surface area contributed by atoms with Gasteiger partial charge in [0.1, 0.15) is 5.75 Å². The zero-order valence-electron chi connectivity index (χ0n) is 12.8. The van der Waals surface area contributed by atoms with Gasteiger partial charge in [-0.15, -0.1) is 0 Å². The number of nitrogens with zero attached hydrogens (tertiary/aromatic N) is 2. The first-order chi connectivity index (χ1) is 11.7. The Morgan fingerprint density at radius 1 is 1.00 bits per heavy atom. The molecule has 0 atom stereocenters. The lowest BCUT2D eigenvalue weighted by Crippen LogP contribution is -2.11. The summed E-state index contributed by atoms with van der Waals surface area (Å²) in [7, 11) is 0. The van der Waals surface area contributed by atoms with Crippen molar-refractivity contribution in [3.05, 3.63) is 72.1 Å². The number of pyridine rings is 1. The molecular formula is C19H15N3O2. The molecule has 4 rings (SSSR count). The highest BCUT2D eigenvalue weighted by atomic mass is 16.3. The van der Waals surface area contributed by atoms with Crippen LogP contribution in [-0.2, 0) is 6.54 Å². The molecule has 0 spiro atoms. The van der Waals surface area contributed by atoms with Crippen molar-refractivity contribution in [3.8, 4) is 5.75 Å². The standard InChI is InChI=1S/C19H15N3O2/c20-19(24)13-7-4-8-14-17(13)18-15(9-21-10-16(18)23)22(14)11-12-5-2-1-3-6-12/h1-10,23H,11H2,(H2,20,24). The van der Waals surface area contributed by atoms with Gasteiger partial charge in [-0.3, -0.25) is 9.78 Å². The van der Waals surface area contributed by atoms with Gasteiger partial charge >= 0.3 is 0 Å². The maximum Gasteiger partial charge on any atom is 0.249 e. The Morgan fingerprint density at radius 3 is 2.54 bits per heavy atom. The SMILES string of the molecule is NC(=O)c1cccc2c1c1c(O)cncc1n2Cc1ccccc1. The van der Waals surface area contributed by atoms with E-state index >= 15 is 0 Å².